The third-order valence-corrected chi connectivity index (χ3v) is 4.21. The van der Waals surface area contributed by atoms with Gasteiger partial charge in [0.05, 0.1) is 29.0 Å². The zero-order valence-corrected chi connectivity index (χ0v) is 15.0. The lowest BCUT2D eigenvalue weighted by molar-refractivity contribution is 0.372. The summed E-state index contributed by atoms with van der Waals surface area (Å²) in [6.45, 7) is 0. The fourth-order valence-corrected chi connectivity index (χ4v) is 2.85. The normalized spacial score (nSPS) is 11.1. The summed E-state index contributed by atoms with van der Waals surface area (Å²) in [7, 11) is 1.49. The molecule has 0 spiro atoms. The van der Waals surface area contributed by atoms with Crippen molar-refractivity contribution in [3.05, 3.63) is 57.7 Å². The number of hydrogen-bond acceptors (Lipinski definition) is 5. The molecule has 0 aliphatic carbocycles. The Morgan fingerprint density at radius 2 is 2.12 bits per heavy atom. The highest BCUT2D eigenvalue weighted by Gasteiger charge is 2.07. The van der Waals surface area contributed by atoms with Crippen LogP contribution in [0.1, 0.15) is 5.56 Å². The van der Waals surface area contributed by atoms with Crippen LogP contribution in [-0.2, 0) is 0 Å². The van der Waals surface area contributed by atoms with Gasteiger partial charge in [-0.2, -0.15) is 5.10 Å². The molecule has 0 aliphatic rings. The van der Waals surface area contributed by atoms with Gasteiger partial charge in [-0.25, -0.2) is 0 Å². The molecule has 122 valence electrons. The quantitative estimate of drug-likeness (QED) is 0.482. The number of pyridine rings is 1. The van der Waals surface area contributed by atoms with E-state index < -0.39 is 0 Å². The third-order valence-electron chi connectivity index (χ3n) is 3.37. The molecular formula is C17H13BrClN3O2. The predicted molar refractivity (Wildman–Crippen MR) is 100 cm³/mol. The molecule has 2 aromatic carbocycles. The molecule has 0 saturated heterocycles. The summed E-state index contributed by atoms with van der Waals surface area (Å²) in [5, 5.41) is 15.6. The Bertz CT molecular complexity index is 931. The van der Waals surface area contributed by atoms with E-state index in [1.807, 2.05) is 18.2 Å². The number of fused-ring (bicyclic) bond motifs is 1. The first kappa shape index (κ1) is 16.5. The van der Waals surface area contributed by atoms with Gasteiger partial charge in [0.25, 0.3) is 0 Å². The van der Waals surface area contributed by atoms with Gasteiger partial charge in [-0.1, -0.05) is 11.6 Å². The second kappa shape index (κ2) is 7.07. The van der Waals surface area contributed by atoms with Crippen molar-refractivity contribution in [1.29, 1.82) is 0 Å². The zero-order valence-electron chi connectivity index (χ0n) is 12.6. The number of phenolic OH excluding ortho intramolecular Hbond substituents is 1. The zero-order chi connectivity index (χ0) is 17.1. The smallest absolute Gasteiger partial charge is 0.172 e. The molecule has 2 N–H and O–H groups in total. The van der Waals surface area contributed by atoms with Crippen molar-refractivity contribution >= 4 is 50.3 Å². The summed E-state index contributed by atoms with van der Waals surface area (Å²) in [6, 6.07) is 10.8. The van der Waals surface area contributed by atoms with Gasteiger partial charge < -0.3 is 9.84 Å². The minimum Gasteiger partial charge on any atom is -0.503 e. The van der Waals surface area contributed by atoms with Crippen molar-refractivity contribution in [3.8, 4) is 11.5 Å². The molecule has 0 unspecified atom stereocenters. The number of nitrogens with zero attached hydrogens (tertiary/aromatic N) is 2. The van der Waals surface area contributed by atoms with E-state index in [0.29, 0.717) is 15.2 Å². The summed E-state index contributed by atoms with van der Waals surface area (Å²) in [4.78, 5) is 4.29. The fraction of sp³-hybridized carbons (Fsp3) is 0.0588. The van der Waals surface area contributed by atoms with Crippen LogP contribution in [0.5, 0.6) is 11.5 Å². The first-order valence-corrected chi connectivity index (χ1v) is 8.15. The van der Waals surface area contributed by atoms with Crippen LogP contribution in [0, 0.1) is 0 Å². The van der Waals surface area contributed by atoms with E-state index >= 15 is 0 Å². The molecule has 1 heterocycles. The van der Waals surface area contributed by atoms with Gasteiger partial charge in [0.15, 0.2) is 11.5 Å². The minimum absolute atomic E-state index is 0.0552. The number of rotatable bonds is 4. The van der Waals surface area contributed by atoms with Crippen LogP contribution in [-0.4, -0.2) is 23.4 Å². The molecule has 0 aliphatic heterocycles. The van der Waals surface area contributed by atoms with E-state index in [4.69, 9.17) is 16.3 Å². The van der Waals surface area contributed by atoms with Crippen LogP contribution < -0.4 is 10.2 Å². The molecule has 0 fully saturated rings. The SMILES string of the molecule is COc1cc(/C=N/Nc2ccnc3cc(Cl)ccc23)cc(Br)c1O. The molecule has 3 rings (SSSR count). The van der Waals surface area contributed by atoms with Crippen molar-refractivity contribution in [3.63, 3.8) is 0 Å². The molecule has 0 bridgehead atoms. The van der Waals surface area contributed by atoms with Crippen molar-refractivity contribution in [1.82, 2.24) is 4.98 Å². The van der Waals surface area contributed by atoms with Crippen molar-refractivity contribution in [2.45, 2.75) is 0 Å². The van der Waals surface area contributed by atoms with Crippen LogP contribution in [0.4, 0.5) is 5.69 Å². The molecule has 5 nitrogen and oxygen atoms in total. The molecule has 0 saturated carbocycles. The van der Waals surface area contributed by atoms with Crippen LogP contribution in [0.2, 0.25) is 5.02 Å². The topological polar surface area (TPSA) is 66.7 Å². The van der Waals surface area contributed by atoms with Gasteiger partial charge in [0.2, 0.25) is 0 Å². The van der Waals surface area contributed by atoms with E-state index in [9.17, 15) is 5.11 Å². The van der Waals surface area contributed by atoms with E-state index in [0.717, 1.165) is 22.2 Å². The average molecular weight is 407 g/mol. The van der Waals surface area contributed by atoms with E-state index in [2.05, 4.69) is 31.4 Å². The van der Waals surface area contributed by atoms with Crippen LogP contribution >= 0.6 is 27.5 Å². The second-order valence-corrected chi connectivity index (χ2v) is 6.23. The Morgan fingerprint density at radius 3 is 2.92 bits per heavy atom. The highest BCUT2D eigenvalue weighted by atomic mass is 79.9. The standard InChI is InChI=1S/C17H13BrClN3O2/c1-24-16-7-10(6-13(18)17(16)23)9-21-22-14-4-5-20-15-8-11(19)2-3-12(14)15/h2-9,23H,1H3,(H,20,22)/b21-9+. The van der Waals surface area contributed by atoms with Crippen molar-refractivity contribution < 1.29 is 9.84 Å². The molecule has 0 amide bonds. The Labute approximate surface area is 152 Å². The number of aromatic nitrogens is 1. The van der Waals surface area contributed by atoms with Crippen LogP contribution in [0.25, 0.3) is 10.9 Å². The number of anilines is 1. The number of aromatic hydroxyl groups is 1. The predicted octanol–water partition coefficient (Wildman–Crippen LogP) is 4.81. The van der Waals surface area contributed by atoms with Gasteiger partial charge in [-0.3, -0.25) is 10.4 Å². The van der Waals surface area contributed by atoms with Gasteiger partial charge in [-0.15, -0.1) is 0 Å². The maximum atomic E-state index is 9.82. The van der Waals surface area contributed by atoms with Crippen LogP contribution in [0.3, 0.4) is 0 Å². The lowest BCUT2D eigenvalue weighted by Gasteiger charge is -2.07. The first-order valence-electron chi connectivity index (χ1n) is 6.98. The maximum absolute atomic E-state index is 9.82. The minimum atomic E-state index is 0.0552. The Balaban J connectivity index is 1.86. The number of hydrogen-bond donors (Lipinski definition) is 2. The third kappa shape index (κ3) is 3.44. The van der Waals surface area contributed by atoms with Gasteiger partial charge in [0.1, 0.15) is 0 Å². The Morgan fingerprint density at radius 1 is 1.29 bits per heavy atom. The molecule has 24 heavy (non-hydrogen) atoms. The average Bonchev–Trinajstić information content (AvgIpc) is 2.57. The first-order chi connectivity index (χ1) is 11.6. The summed E-state index contributed by atoms with van der Waals surface area (Å²) in [6.07, 6.45) is 3.32. The van der Waals surface area contributed by atoms with Crippen LogP contribution in [0.15, 0.2) is 52.2 Å². The number of methoxy groups -OCH3 is 1. The highest BCUT2D eigenvalue weighted by molar-refractivity contribution is 9.10. The van der Waals surface area contributed by atoms with E-state index in [-0.39, 0.29) is 5.75 Å². The van der Waals surface area contributed by atoms with Gasteiger partial charge >= 0.3 is 0 Å². The highest BCUT2D eigenvalue weighted by Crippen LogP contribution is 2.34. The summed E-state index contributed by atoms with van der Waals surface area (Å²) < 4.78 is 5.65. The molecule has 3 aromatic rings. The number of halogens is 2. The number of ether oxygens (including phenoxy) is 1. The second-order valence-electron chi connectivity index (χ2n) is 4.94. The number of nitrogens with one attached hydrogen (secondary N) is 1. The maximum Gasteiger partial charge on any atom is 0.172 e. The van der Waals surface area contributed by atoms with Crippen molar-refractivity contribution in [2.24, 2.45) is 5.10 Å². The molecule has 7 heteroatoms. The van der Waals surface area contributed by atoms with Gasteiger partial charge in [0, 0.05) is 16.6 Å². The summed E-state index contributed by atoms with van der Waals surface area (Å²) in [5.74, 6) is 0.425. The van der Waals surface area contributed by atoms with Gasteiger partial charge in [-0.05, 0) is 57.9 Å². The number of hydrazone groups is 1. The molecular weight excluding hydrogens is 394 g/mol. The number of phenols is 1. The Hall–Kier alpha value is -2.31. The van der Waals surface area contributed by atoms with Crippen molar-refractivity contribution in [2.75, 3.05) is 12.5 Å². The monoisotopic (exact) mass is 405 g/mol. The largest absolute Gasteiger partial charge is 0.503 e. The molecule has 1 aromatic heterocycles. The Kier molecular flexibility index (Phi) is 4.87. The van der Waals surface area contributed by atoms with E-state index in [1.54, 1.807) is 30.6 Å². The lowest BCUT2D eigenvalue weighted by atomic mass is 10.2. The van der Waals surface area contributed by atoms with E-state index in [1.165, 1.54) is 7.11 Å². The lowest BCUT2D eigenvalue weighted by Crippen LogP contribution is -1.94. The summed E-state index contributed by atoms with van der Waals surface area (Å²) >= 11 is 9.27. The molecule has 0 radical (unpaired) electrons. The molecule has 0 atom stereocenters. The summed E-state index contributed by atoms with van der Waals surface area (Å²) in [5.41, 5.74) is 5.37. The fourth-order valence-electron chi connectivity index (χ4n) is 2.22. The number of benzene rings is 2.